The van der Waals surface area contributed by atoms with Crippen LogP contribution in [0.2, 0.25) is 0 Å². The molecule has 0 atom stereocenters. The molecule has 0 aromatic heterocycles. The zero-order valence-electron chi connectivity index (χ0n) is 16.8. The second-order valence-corrected chi connectivity index (χ2v) is 8.20. The Bertz CT molecular complexity index is 775. The fourth-order valence-electron chi connectivity index (χ4n) is 4.21. The van der Waals surface area contributed by atoms with Crippen molar-refractivity contribution in [1.29, 1.82) is 0 Å². The first-order valence-electron chi connectivity index (χ1n) is 10.3. The van der Waals surface area contributed by atoms with Crippen molar-refractivity contribution in [2.75, 3.05) is 13.1 Å². The number of amides is 2. The molecule has 2 aliphatic rings. The lowest BCUT2D eigenvalue weighted by molar-refractivity contribution is -0.143. The summed E-state index contributed by atoms with van der Waals surface area (Å²) in [4.78, 5) is 26.7. The zero-order valence-corrected chi connectivity index (χ0v) is 16.8. The Hall–Kier alpha value is -2.26. The van der Waals surface area contributed by atoms with Crippen molar-refractivity contribution in [3.63, 3.8) is 0 Å². The summed E-state index contributed by atoms with van der Waals surface area (Å²) in [6.45, 7) is 0.799. The van der Waals surface area contributed by atoms with E-state index in [0.29, 0.717) is 38.1 Å². The number of piperidine rings is 1. The van der Waals surface area contributed by atoms with Crippen molar-refractivity contribution in [2.24, 2.45) is 5.92 Å². The molecular formula is C21H24F6N2O2. The highest BCUT2D eigenvalue weighted by atomic mass is 19.4. The lowest BCUT2D eigenvalue weighted by atomic mass is 9.87. The van der Waals surface area contributed by atoms with Gasteiger partial charge in [-0.25, -0.2) is 0 Å². The first-order chi connectivity index (χ1) is 14.4. The third-order valence-electron chi connectivity index (χ3n) is 5.95. The van der Waals surface area contributed by atoms with E-state index in [1.165, 1.54) is 0 Å². The molecule has 10 heteroatoms. The summed E-state index contributed by atoms with van der Waals surface area (Å²) in [6, 6.07) is 0.414. The van der Waals surface area contributed by atoms with Crippen molar-refractivity contribution in [3.8, 4) is 0 Å². The van der Waals surface area contributed by atoms with E-state index in [-0.39, 0.29) is 17.9 Å². The molecule has 1 heterocycles. The highest BCUT2D eigenvalue weighted by Gasteiger charge is 2.38. The van der Waals surface area contributed by atoms with Gasteiger partial charge in [-0.05, 0) is 43.9 Å². The van der Waals surface area contributed by atoms with Gasteiger partial charge < -0.3 is 10.2 Å². The number of hydrogen-bond donors (Lipinski definition) is 1. The first kappa shape index (κ1) is 23.4. The lowest BCUT2D eigenvalue weighted by Gasteiger charge is -2.35. The van der Waals surface area contributed by atoms with Crippen LogP contribution in [0.25, 0.3) is 0 Å². The molecule has 0 spiro atoms. The topological polar surface area (TPSA) is 49.4 Å². The second kappa shape index (κ2) is 9.08. The normalized spacial score (nSPS) is 19.4. The van der Waals surface area contributed by atoms with E-state index >= 15 is 0 Å². The van der Waals surface area contributed by atoms with Gasteiger partial charge in [-0.1, -0.05) is 19.3 Å². The van der Waals surface area contributed by atoms with Gasteiger partial charge in [0.25, 0.3) is 5.91 Å². The molecule has 1 aromatic rings. The highest BCUT2D eigenvalue weighted by Crippen LogP contribution is 2.36. The van der Waals surface area contributed by atoms with E-state index < -0.39 is 41.0 Å². The fraction of sp³-hybridized carbons (Fsp3) is 0.619. The number of halogens is 6. The van der Waals surface area contributed by atoms with Crippen LogP contribution in [0.4, 0.5) is 26.3 Å². The molecule has 172 valence electrons. The van der Waals surface area contributed by atoms with Gasteiger partial charge in [-0.15, -0.1) is 0 Å². The molecule has 0 bridgehead atoms. The quantitative estimate of drug-likeness (QED) is 0.657. The maximum Gasteiger partial charge on any atom is 0.416 e. The van der Waals surface area contributed by atoms with E-state index in [1.807, 2.05) is 0 Å². The highest BCUT2D eigenvalue weighted by molar-refractivity contribution is 5.95. The monoisotopic (exact) mass is 450 g/mol. The van der Waals surface area contributed by atoms with Crippen LogP contribution in [0.3, 0.4) is 0 Å². The van der Waals surface area contributed by atoms with Gasteiger partial charge in [0.15, 0.2) is 0 Å². The number of hydrogen-bond acceptors (Lipinski definition) is 2. The summed E-state index contributed by atoms with van der Waals surface area (Å²) >= 11 is 0. The SMILES string of the molecule is O=C(NC1CCN(C(=O)C2CCCCC2)CC1)c1cc(C(F)(F)F)cc(C(F)(F)F)c1. The van der Waals surface area contributed by atoms with Gasteiger partial charge in [0.1, 0.15) is 0 Å². The van der Waals surface area contributed by atoms with E-state index in [1.54, 1.807) is 4.90 Å². The number of nitrogens with one attached hydrogen (secondary N) is 1. The second-order valence-electron chi connectivity index (χ2n) is 8.20. The van der Waals surface area contributed by atoms with Crippen molar-refractivity contribution >= 4 is 11.8 Å². The number of carbonyl (C=O) groups is 2. The summed E-state index contributed by atoms with van der Waals surface area (Å²) in [5.74, 6) is -0.878. The number of nitrogens with zero attached hydrogens (tertiary/aromatic N) is 1. The van der Waals surface area contributed by atoms with Crippen molar-refractivity contribution in [2.45, 2.75) is 63.3 Å². The Labute approximate surface area is 176 Å². The average molecular weight is 450 g/mol. The molecule has 1 N–H and O–H groups in total. The molecule has 1 aliphatic heterocycles. The van der Waals surface area contributed by atoms with Crippen molar-refractivity contribution in [1.82, 2.24) is 10.2 Å². The smallest absolute Gasteiger partial charge is 0.349 e. The number of likely N-dealkylation sites (tertiary alicyclic amines) is 1. The predicted molar refractivity (Wildman–Crippen MR) is 100 cm³/mol. The van der Waals surface area contributed by atoms with Gasteiger partial charge in [0.2, 0.25) is 5.91 Å². The van der Waals surface area contributed by atoms with Crippen LogP contribution < -0.4 is 5.32 Å². The summed E-state index contributed by atoms with van der Waals surface area (Å²) in [6.07, 6.45) is -4.31. The fourth-order valence-corrected chi connectivity index (χ4v) is 4.21. The van der Waals surface area contributed by atoms with E-state index in [2.05, 4.69) is 5.32 Å². The average Bonchev–Trinajstić information content (AvgIpc) is 2.73. The minimum atomic E-state index is -5.01. The molecule has 0 unspecified atom stereocenters. The number of carbonyl (C=O) groups excluding carboxylic acids is 2. The summed E-state index contributed by atoms with van der Waals surface area (Å²) < 4.78 is 78.0. The predicted octanol–water partition coefficient (Wildman–Crippen LogP) is 5.03. The molecule has 2 amide bonds. The number of benzene rings is 1. The van der Waals surface area contributed by atoms with E-state index in [4.69, 9.17) is 0 Å². The van der Waals surface area contributed by atoms with Gasteiger partial charge in [-0.2, -0.15) is 26.3 Å². The van der Waals surface area contributed by atoms with Crippen LogP contribution in [-0.2, 0) is 17.1 Å². The first-order valence-corrected chi connectivity index (χ1v) is 10.3. The van der Waals surface area contributed by atoms with Crippen LogP contribution >= 0.6 is 0 Å². The Morgan fingerprint density at radius 2 is 1.32 bits per heavy atom. The summed E-state index contributed by atoms with van der Waals surface area (Å²) in [5.41, 5.74) is -3.75. The molecule has 3 rings (SSSR count). The standard InChI is InChI=1S/C21H24F6N2O2/c22-20(23,24)15-10-14(11-16(12-15)21(25,26)27)18(30)28-17-6-8-29(9-7-17)19(31)13-4-2-1-3-5-13/h10-13,17H,1-9H2,(H,28,30). The minimum absolute atomic E-state index is 0.00780. The summed E-state index contributed by atoms with van der Waals surface area (Å²) in [7, 11) is 0. The van der Waals surface area contributed by atoms with Gasteiger partial charge in [-0.3, -0.25) is 9.59 Å². The van der Waals surface area contributed by atoms with Crippen LogP contribution in [0, 0.1) is 5.92 Å². The molecule has 1 saturated carbocycles. The van der Waals surface area contributed by atoms with Crippen LogP contribution in [-0.4, -0.2) is 35.8 Å². The van der Waals surface area contributed by atoms with Crippen LogP contribution in [0.1, 0.15) is 66.4 Å². The Balaban J connectivity index is 1.64. The molecule has 1 aromatic carbocycles. The molecular weight excluding hydrogens is 426 g/mol. The molecule has 0 radical (unpaired) electrons. The Kier molecular flexibility index (Phi) is 6.85. The van der Waals surface area contributed by atoms with Crippen molar-refractivity contribution < 1.29 is 35.9 Å². The van der Waals surface area contributed by atoms with E-state index in [9.17, 15) is 35.9 Å². The van der Waals surface area contributed by atoms with E-state index in [0.717, 1.165) is 32.1 Å². The third kappa shape index (κ3) is 5.92. The summed E-state index contributed by atoms with van der Waals surface area (Å²) in [5, 5.41) is 2.52. The molecule has 2 fully saturated rings. The van der Waals surface area contributed by atoms with Gasteiger partial charge in [0.05, 0.1) is 11.1 Å². The molecule has 31 heavy (non-hydrogen) atoms. The van der Waals surface area contributed by atoms with Crippen LogP contribution in [0.15, 0.2) is 18.2 Å². The Morgan fingerprint density at radius 1 is 0.806 bits per heavy atom. The van der Waals surface area contributed by atoms with Crippen LogP contribution in [0.5, 0.6) is 0 Å². The maximum absolute atomic E-state index is 13.0. The molecule has 1 aliphatic carbocycles. The Morgan fingerprint density at radius 3 is 1.81 bits per heavy atom. The molecule has 4 nitrogen and oxygen atoms in total. The van der Waals surface area contributed by atoms with Gasteiger partial charge >= 0.3 is 12.4 Å². The maximum atomic E-state index is 13.0. The lowest BCUT2D eigenvalue weighted by Crippen LogP contribution is -2.48. The number of rotatable bonds is 3. The van der Waals surface area contributed by atoms with Gasteiger partial charge in [0, 0.05) is 30.6 Å². The third-order valence-corrected chi connectivity index (χ3v) is 5.95. The molecule has 1 saturated heterocycles. The van der Waals surface area contributed by atoms with Crippen molar-refractivity contribution in [3.05, 3.63) is 34.9 Å². The zero-order chi connectivity index (χ0) is 22.8. The number of alkyl halides is 6. The largest absolute Gasteiger partial charge is 0.416 e. The minimum Gasteiger partial charge on any atom is -0.349 e.